The van der Waals surface area contributed by atoms with Crippen molar-refractivity contribution in [2.75, 3.05) is 6.54 Å². The van der Waals surface area contributed by atoms with Crippen LogP contribution in [0.2, 0.25) is 0 Å². The maximum Gasteiger partial charge on any atom is 0.207 e. The molecule has 0 spiro atoms. The van der Waals surface area contributed by atoms with Gasteiger partial charge in [-0.25, -0.2) is 4.98 Å². The maximum atomic E-state index is 10.7. The number of nitrogens with zero attached hydrogens (tertiary/aromatic N) is 2. The first-order valence-electron chi connectivity index (χ1n) is 11.2. The smallest absolute Gasteiger partial charge is 0.207 e. The summed E-state index contributed by atoms with van der Waals surface area (Å²) in [6.45, 7) is 6.38. The molecule has 0 atom stereocenters. The molecule has 0 saturated carbocycles. The number of fused-ring (bicyclic) bond motifs is 1. The third kappa shape index (κ3) is 4.87. The number of rotatable bonds is 6. The molecule has 1 aliphatic rings. The zero-order valence-electron chi connectivity index (χ0n) is 18.7. The van der Waals surface area contributed by atoms with Crippen molar-refractivity contribution in [3.8, 4) is 10.6 Å². The summed E-state index contributed by atoms with van der Waals surface area (Å²) in [6, 6.07) is 8.87. The second-order valence-corrected chi connectivity index (χ2v) is 9.63. The summed E-state index contributed by atoms with van der Waals surface area (Å²) in [5, 5.41) is 14.0. The van der Waals surface area contributed by atoms with Gasteiger partial charge >= 0.3 is 0 Å². The molecule has 0 radical (unpaired) electrons. The molecule has 1 aliphatic carbocycles. The summed E-state index contributed by atoms with van der Waals surface area (Å²) in [6.07, 6.45) is 7.59. The van der Waals surface area contributed by atoms with Gasteiger partial charge in [-0.3, -0.25) is 10.1 Å². The Morgan fingerprint density at radius 3 is 2.58 bits per heavy atom. The van der Waals surface area contributed by atoms with Gasteiger partial charge in [-0.05, 0) is 85.4 Å². The summed E-state index contributed by atoms with van der Waals surface area (Å²) >= 11 is 1.73. The Bertz CT molecular complexity index is 1120. The fourth-order valence-electron chi connectivity index (χ4n) is 4.74. The van der Waals surface area contributed by atoms with E-state index in [1.54, 1.807) is 16.9 Å². The van der Waals surface area contributed by atoms with Crippen molar-refractivity contribution in [1.29, 1.82) is 0 Å². The van der Waals surface area contributed by atoms with E-state index in [0.717, 1.165) is 28.2 Å². The van der Waals surface area contributed by atoms with Crippen LogP contribution in [0.4, 0.5) is 0 Å². The van der Waals surface area contributed by atoms with E-state index in [4.69, 9.17) is 4.98 Å². The van der Waals surface area contributed by atoms with E-state index in [0.29, 0.717) is 6.42 Å². The topological polar surface area (TPSA) is 56.0 Å². The molecule has 0 N–H and O–H groups in total. The summed E-state index contributed by atoms with van der Waals surface area (Å²) in [5.74, 6) is 0. The molecule has 0 aliphatic heterocycles. The van der Waals surface area contributed by atoms with Crippen LogP contribution in [0.25, 0.3) is 10.6 Å². The second-order valence-electron chi connectivity index (χ2n) is 8.77. The summed E-state index contributed by atoms with van der Waals surface area (Å²) < 4.78 is 0. The Morgan fingerprint density at radius 2 is 1.77 bits per heavy atom. The summed E-state index contributed by atoms with van der Waals surface area (Å²) in [5.41, 5.74) is 11.5. The normalized spacial score (nSPS) is 13.6. The van der Waals surface area contributed by atoms with E-state index in [9.17, 15) is 10.1 Å². The number of nitro groups is 1. The minimum absolute atomic E-state index is 0.0186. The lowest BCUT2D eigenvalue weighted by atomic mass is 9.94. The molecule has 0 amide bonds. The van der Waals surface area contributed by atoms with Crippen LogP contribution in [0.3, 0.4) is 0 Å². The highest BCUT2D eigenvalue weighted by Gasteiger charge is 2.16. The maximum absolute atomic E-state index is 10.7. The Hall–Kier alpha value is -2.53. The highest BCUT2D eigenvalue weighted by Crippen LogP contribution is 2.33. The predicted molar refractivity (Wildman–Crippen MR) is 128 cm³/mol. The average molecular weight is 435 g/mol. The van der Waals surface area contributed by atoms with Gasteiger partial charge in [0.05, 0.1) is 5.69 Å². The van der Waals surface area contributed by atoms with Gasteiger partial charge in [-0.15, -0.1) is 11.3 Å². The first-order valence-corrected chi connectivity index (χ1v) is 12.1. The van der Waals surface area contributed by atoms with Crippen molar-refractivity contribution in [3.05, 3.63) is 84.4 Å². The van der Waals surface area contributed by atoms with Gasteiger partial charge in [0.15, 0.2) is 0 Å². The van der Waals surface area contributed by atoms with Gasteiger partial charge in [0.25, 0.3) is 0 Å². The molecule has 0 saturated heterocycles. The van der Waals surface area contributed by atoms with Gasteiger partial charge in [0.2, 0.25) is 6.54 Å². The Labute approximate surface area is 188 Å². The van der Waals surface area contributed by atoms with E-state index in [1.807, 2.05) is 6.92 Å². The highest BCUT2D eigenvalue weighted by atomic mass is 32.1. The summed E-state index contributed by atoms with van der Waals surface area (Å²) in [4.78, 5) is 15.5. The van der Waals surface area contributed by atoms with Gasteiger partial charge in [-0.2, -0.15) is 0 Å². The van der Waals surface area contributed by atoms with Crippen molar-refractivity contribution >= 4 is 11.3 Å². The Kier molecular flexibility index (Phi) is 6.51. The first-order chi connectivity index (χ1) is 14.9. The Morgan fingerprint density at radius 1 is 1.03 bits per heavy atom. The first kappa shape index (κ1) is 21.7. The molecule has 31 heavy (non-hydrogen) atoms. The van der Waals surface area contributed by atoms with Crippen LogP contribution < -0.4 is 0 Å². The van der Waals surface area contributed by atoms with Crippen molar-refractivity contribution in [2.45, 2.75) is 65.7 Å². The third-order valence-electron chi connectivity index (χ3n) is 6.58. The lowest BCUT2D eigenvalue weighted by Gasteiger charge is -2.13. The molecule has 162 valence electrons. The third-order valence-corrected chi connectivity index (χ3v) is 7.50. The van der Waals surface area contributed by atoms with E-state index >= 15 is 0 Å². The molecular formula is C26H30N2O2S. The zero-order valence-corrected chi connectivity index (χ0v) is 19.5. The standard InChI is InChI=1S/C26H30N2O2S/c1-17-14-22(18(2)13-21(17)11-12-28(29)30)15-23-16-31-26(27-23)25-10-9-20-7-5-4-6-8-24(20)19(25)3/h9-10,13-14,16H,4-8,11-12,15H2,1-3H3. The quantitative estimate of drug-likeness (QED) is 0.256. The molecule has 0 fully saturated rings. The molecule has 0 unspecified atom stereocenters. The molecule has 4 rings (SSSR count). The van der Waals surface area contributed by atoms with Crippen LogP contribution in [0.15, 0.2) is 29.6 Å². The largest absolute Gasteiger partial charge is 0.265 e. The van der Waals surface area contributed by atoms with Crippen molar-refractivity contribution in [1.82, 2.24) is 4.98 Å². The fraction of sp³-hybridized carbons (Fsp3) is 0.423. The number of benzene rings is 2. The zero-order chi connectivity index (χ0) is 22.0. The van der Waals surface area contributed by atoms with Gasteiger partial charge in [-0.1, -0.05) is 30.7 Å². The molecular weight excluding hydrogens is 404 g/mol. The number of hydrogen-bond acceptors (Lipinski definition) is 4. The molecule has 3 aromatic rings. The highest BCUT2D eigenvalue weighted by molar-refractivity contribution is 7.13. The van der Waals surface area contributed by atoms with Crippen molar-refractivity contribution in [3.63, 3.8) is 0 Å². The number of hydrogen-bond donors (Lipinski definition) is 0. The van der Waals surface area contributed by atoms with Crippen molar-refractivity contribution in [2.24, 2.45) is 0 Å². The minimum atomic E-state index is -0.246. The fourth-order valence-corrected chi connectivity index (χ4v) is 5.64. The lowest BCUT2D eigenvalue weighted by molar-refractivity contribution is -0.479. The van der Waals surface area contributed by atoms with Crippen LogP contribution in [-0.4, -0.2) is 16.5 Å². The second kappa shape index (κ2) is 9.31. The molecule has 1 heterocycles. The Balaban J connectivity index is 1.56. The molecule has 4 nitrogen and oxygen atoms in total. The monoisotopic (exact) mass is 434 g/mol. The van der Waals surface area contributed by atoms with E-state index in [2.05, 4.69) is 43.5 Å². The van der Waals surface area contributed by atoms with Crippen LogP contribution in [-0.2, 0) is 25.7 Å². The van der Waals surface area contributed by atoms with E-state index < -0.39 is 0 Å². The molecule has 5 heteroatoms. The lowest BCUT2D eigenvalue weighted by Crippen LogP contribution is -2.06. The number of thiazole rings is 1. The van der Waals surface area contributed by atoms with Crippen LogP contribution in [0.1, 0.15) is 63.9 Å². The van der Waals surface area contributed by atoms with Gasteiger partial charge in [0, 0.05) is 28.7 Å². The predicted octanol–water partition coefficient (Wildman–Crippen LogP) is 6.41. The number of aryl methyl sites for hydroxylation is 3. The van der Waals surface area contributed by atoms with E-state index in [-0.39, 0.29) is 11.5 Å². The van der Waals surface area contributed by atoms with Gasteiger partial charge in [0.1, 0.15) is 5.01 Å². The summed E-state index contributed by atoms with van der Waals surface area (Å²) in [7, 11) is 0. The van der Waals surface area contributed by atoms with Gasteiger partial charge < -0.3 is 0 Å². The molecule has 0 bridgehead atoms. The van der Waals surface area contributed by atoms with Crippen LogP contribution in [0, 0.1) is 30.9 Å². The molecule has 2 aromatic carbocycles. The number of aromatic nitrogens is 1. The van der Waals surface area contributed by atoms with Crippen molar-refractivity contribution < 1.29 is 4.92 Å². The van der Waals surface area contributed by atoms with Crippen LogP contribution >= 0.6 is 11.3 Å². The SMILES string of the molecule is Cc1cc(Cc2csc(-c3ccc4c(c3C)CCCCC4)n2)c(C)cc1CC[N+](=O)[O-]. The molecule has 1 aromatic heterocycles. The average Bonchev–Trinajstić information content (AvgIpc) is 3.04. The minimum Gasteiger partial charge on any atom is -0.265 e. The van der Waals surface area contributed by atoms with Crippen LogP contribution in [0.5, 0.6) is 0 Å². The van der Waals surface area contributed by atoms with E-state index in [1.165, 1.54) is 59.9 Å².